The fourth-order valence-electron chi connectivity index (χ4n) is 3.49. The molecule has 1 saturated heterocycles. The molecule has 0 aromatic carbocycles. The summed E-state index contributed by atoms with van der Waals surface area (Å²) < 4.78 is 5.90. The van der Waals surface area contributed by atoms with Gasteiger partial charge in [0.1, 0.15) is 0 Å². The third kappa shape index (κ3) is 2.23. The van der Waals surface area contributed by atoms with E-state index >= 15 is 0 Å². The summed E-state index contributed by atoms with van der Waals surface area (Å²) in [5, 5.41) is 2.15. The molecule has 0 bridgehead atoms. The Morgan fingerprint density at radius 2 is 2.39 bits per heavy atom. The van der Waals surface area contributed by atoms with Gasteiger partial charge in [-0.1, -0.05) is 6.07 Å². The SMILES string of the molecule is CC(N)C(c1cccs1)N1CCOC2CCCC21. The molecular weight excluding hydrogens is 244 g/mol. The highest BCUT2D eigenvalue weighted by atomic mass is 32.1. The van der Waals surface area contributed by atoms with E-state index in [1.165, 1.54) is 24.1 Å². The van der Waals surface area contributed by atoms with E-state index in [-0.39, 0.29) is 6.04 Å². The fourth-order valence-corrected chi connectivity index (χ4v) is 4.45. The molecule has 1 aromatic rings. The number of hydrogen-bond acceptors (Lipinski definition) is 4. The van der Waals surface area contributed by atoms with Crippen molar-refractivity contribution in [2.24, 2.45) is 5.73 Å². The first-order valence-electron chi connectivity index (χ1n) is 6.93. The third-order valence-corrected chi connectivity index (χ3v) is 5.16. The number of fused-ring (bicyclic) bond motifs is 1. The Hall–Kier alpha value is -0.420. The van der Waals surface area contributed by atoms with Crippen molar-refractivity contribution in [1.82, 2.24) is 4.90 Å². The Bertz CT molecular complexity index is 379. The molecule has 3 rings (SSSR count). The molecule has 100 valence electrons. The van der Waals surface area contributed by atoms with Crippen molar-refractivity contribution < 1.29 is 4.74 Å². The zero-order valence-electron chi connectivity index (χ0n) is 10.9. The molecule has 2 aliphatic rings. The van der Waals surface area contributed by atoms with Crippen LogP contribution in [0.1, 0.15) is 37.1 Å². The molecule has 0 amide bonds. The number of rotatable bonds is 3. The zero-order chi connectivity index (χ0) is 12.5. The van der Waals surface area contributed by atoms with Crippen LogP contribution >= 0.6 is 11.3 Å². The van der Waals surface area contributed by atoms with Crippen LogP contribution in [0.25, 0.3) is 0 Å². The van der Waals surface area contributed by atoms with Gasteiger partial charge < -0.3 is 10.5 Å². The smallest absolute Gasteiger partial charge is 0.0731 e. The van der Waals surface area contributed by atoms with Gasteiger partial charge in [-0.25, -0.2) is 0 Å². The van der Waals surface area contributed by atoms with E-state index in [1.54, 1.807) is 0 Å². The highest BCUT2D eigenvalue weighted by Gasteiger charge is 2.40. The summed E-state index contributed by atoms with van der Waals surface area (Å²) in [5.41, 5.74) is 6.27. The van der Waals surface area contributed by atoms with Crippen molar-refractivity contribution in [3.05, 3.63) is 22.4 Å². The molecule has 4 heteroatoms. The molecule has 2 N–H and O–H groups in total. The van der Waals surface area contributed by atoms with Gasteiger partial charge in [-0.3, -0.25) is 4.90 Å². The second-order valence-corrected chi connectivity index (χ2v) is 6.44. The summed E-state index contributed by atoms with van der Waals surface area (Å²) in [6.45, 7) is 4.00. The minimum Gasteiger partial charge on any atom is -0.375 e. The van der Waals surface area contributed by atoms with Gasteiger partial charge in [-0.2, -0.15) is 0 Å². The van der Waals surface area contributed by atoms with Crippen LogP contribution in [0.4, 0.5) is 0 Å². The molecule has 18 heavy (non-hydrogen) atoms. The normalized spacial score (nSPS) is 32.1. The van der Waals surface area contributed by atoms with Crippen LogP contribution < -0.4 is 5.73 Å². The van der Waals surface area contributed by atoms with Gasteiger partial charge in [0.15, 0.2) is 0 Å². The average Bonchev–Trinajstić information content (AvgIpc) is 2.98. The van der Waals surface area contributed by atoms with E-state index in [1.807, 2.05) is 11.3 Å². The summed E-state index contributed by atoms with van der Waals surface area (Å²) >= 11 is 1.82. The number of ether oxygens (including phenoxy) is 1. The molecule has 2 fully saturated rings. The van der Waals surface area contributed by atoms with E-state index in [0.717, 1.165) is 13.2 Å². The number of nitrogens with two attached hydrogens (primary N) is 1. The van der Waals surface area contributed by atoms with Crippen molar-refractivity contribution in [1.29, 1.82) is 0 Å². The maximum Gasteiger partial charge on any atom is 0.0731 e. The van der Waals surface area contributed by atoms with Crippen LogP contribution in [0, 0.1) is 0 Å². The van der Waals surface area contributed by atoms with Gasteiger partial charge in [-0.05, 0) is 37.6 Å². The molecule has 4 unspecified atom stereocenters. The van der Waals surface area contributed by atoms with Gasteiger partial charge in [0, 0.05) is 23.5 Å². The van der Waals surface area contributed by atoms with Crippen LogP contribution in [0.15, 0.2) is 17.5 Å². The molecule has 0 spiro atoms. The van der Waals surface area contributed by atoms with Crippen molar-refractivity contribution in [2.45, 2.75) is 50.4 Å². The lowest BCUT2D eigenvalue weighted by molar-refractivity contribution is -0.0747. The van der Waals surface area contributed by atoms with E-state index in [9.17, 15) is 0 Å². The maximum atomic E-state index is 6.27. The topological polar surface area (TPSA) is 38.5 Å². The predicted octanol–water partition coefficient (Wildman–Crippen LogP) is 2.39. The Morgan fingerprint density at radius 3 is 3.11 bits per heavy atom. The summed E-state index contributed by atoms with van der Waals surface area (Å²) in [5.74, 6) is 0. The minimum absolute atomic E-state index is 0.169. The number of morpholine rings is 1. The molecule has 0 radical (unpaired) electrons. The third-order valence-electron chi connectivity index (χ3n) is 4.22. The molecule has 1 aliphatic heterocycles. The largest absolute Gasteiger partial charge is 0.375 e. The van der Waals surface area contributed by atoms with Crippen LogP contribution in [0.2, 0.25) is 0 Å². The van der Waals surface area contributed by atoms with Crippen molar-refractivity contribution in [2.75, 3.05) is 13.2 Å². The predicted molar refractivity (Wildman–Crippen MR) is 74.8 cm³/mol. The minimum atomic E-state index is 0.169. The summed E-state index contributed by atoms with van der Waals surface area (Å²) in [6, 6.07) is 5.46. The number of thiophene rings is 1. The average molecular weight is 266 g/mol. The Morgan fingerprint density at radius 1 is 1.50 bits per heavy atom. The lowest BCUT2D eigenvalue weighted by Crippen LogP contribution is -2.53. The van der Waals surface area contributed by atoms with Crippen molar-refractivity contribution >= 4 is 11.3 Å². The van der Waals surface area contributed by atoms with Crippen molar-refractivity contribution in [3.8, 4) is 0 Å². The van der Waals surface area contributed by atoms with Gasteiger partial charge in [-0.15, -0.1) is 11.3 Å². The Labute approximate surface area is 113 Å². The summed E-state index contributed by atoms with van der Waals surface area (Å²) in [6.07, 6.45) is 4.22. The molecular formula is C14H22N2OS. The van der Waals surface area contributed by atoms with E-state index in [4.69, 9.17) is 10.5 Å². The molecule has 2 heterocycles. The van der Waals surface area contributed by atoms with Crippen LogP contribution in [0.5, 0.6) is 0 Å². The lowest BCUT2D eigenvalue weighted by atomic mass is 10.0. The first kappa shape index (κ1) is 12.6. The van der Waals surface area contributed by atoms with E-state index in [0.29, 0.717) is 18.2 Å². The first-order chi connectivity index (χ1) is 8.77. The molecule has 1 aliphatic carbocycles. The standard InChI is InChI=1S/C14H22N2OS/c1-10(15)14(13-6-3-9-18-13)16-7-8-17-12-5-2-4-11(12)16/h3,6,9-12,14H,2,4-5,7-8,15H2,1H3. The van der Waals surface area contributed by atoms with E-state index in [2.05, 4.69) is 29.3 Å². The van der Waals surface area contributed by atoms with Gasteiger partial charge in [0.05, 0.1) is 18.8 Å². The molecule has 3 nitrogen and oxygen atoms in total. The van der Waals surface area contributed by atoms with Crippen LogP contribution in [-0.4, -0.2) is 36.2 Å². The Balaban J connectivity index is 1.85. The van der Waals surface area contributed by atoms with Crippen LogP contribution in [-0.2, 0) is 4.74 Å². The summed E-state index contributed by atoms with van der Waals surface area (Å²) in [4.78, 5) is 4.01. The first-order valence-corrected chi connectivity index (χ1v) is 7.81. The Kier molecular flexibility index (Phi) is 3.71. The lowest BCUT2D eigenvalue weighted by Gasteiger charge is -2.43. The number of hydrogen-bond donors (Lipinski definition) is 1. The maximum absolute atomic E-state index is 6.27. The second kappa shape index (κ2) is 5.29. The fraction of sp³-hybridized carbons (Fsp3) is 0.714. The molecule has 1 aromatic heterocycles. The zero-order valence-corrected chi connectivity index (χ0v) is 11.7. The highest BCUT2D eigenvalue weighted by Crippen LogP contribution is 2.37. The van der Waals surface area contributed by atoms with Crippen LogP contribution in [0.3, 0.4) is 0 Å². The quantitative estimate of drug-likeness (QED) is 0.913. The molecule has 4 atom stereocenters. The van der Waals surface area contributed by atoms with E-state index < -0.39 is 0 Å². The molecule has 1 saturated carbocycles. The second-order valence-electron chi connectivity index (χ2n) is 5.46. The van der Waals surface area contributed by atoms with Gasteiger partial charge in [0.2, 0.25) is 0 Å². The van der Waals surface area contributed by atoms with Gasteiger partial charge in [0.25, 0.3) is 0 Å². The van der Waals surface area contributed by atoms with Crippen molar-refractivity contribution in [3.63, 3.8) is 0 Å². The monoisotopic (exact) mass is 266 g/mol. The number of nitrogens with zero attached hydrogens (tertiary/aromatic N) is 1. The highest BCUT2D eigenvalue weighted by molar-refractivity contribution is 7.10. The summed E-state index contributed by atoms with van der Waals surface area (Å²) in [7, 11) is 0. The van der Waals surface area contributed by atoms with Gasteiger partial charge >= 0.3 is 0 Å².